The summed E-state index contributed by atoms with van der Waals surface area (Å²) in [7, 11) is 0. The quantitative estimate of drug-likeness (QED) is 0.681. The van der Waals surface area contributed by atoms with Gasteiger partial charge in [-0.1, -0.05) is 26.0 Å². The molecule has 21 heavy (non-hydrogen) atoms. The van der Waals surface area contributed by atoms with Crippen LogP contribution < -0.4 is 5.32 Å². The Kier molecular flexibility index (Phi) is 7.90. The number of benzene rings is 1. The van der Waals surface area contributed by atoms with Gasteiger partial charge in [-0.05, 0) is 30.5 Å². The van der Waals surface area contributed by atoms with Gasteiger partial charge in [0.05, 0.1) is 6.42 Å². The smallest absolute Gasteiger partial charge is 0.304 e. The van der Waals surface area contributed by atoms with Gasteiger partial charge in [0.25, 0.3) is 0 Å². The van der Waals surface area contributed by atoms with Crippen LogP contribution in [-0.2, 0) is 15.3 Å². The zero-order valence-corrected chi connectivity index (χ0v) is 13.4. The van der Waals surface area contributed by atoms with Gasteiger partial charge in [-0.15, -0.1) is 0 Å². The molecule has 1 aromatic carbocycles. The Morgan fingerprint density at radius 1 is 1.29 bits per heavy atom. The lowest BCUT2D eigenvalue weighted by Crippen LogP contribution is -2.21. The SMILES string of the molecule is CCC(CC)C(=O)Nc1cccc(CSCCC(=O)O)c1. The van der Waals surface area contributed by atoms with Gasteiger partial charge in [-0.25, -0.2) is 0 Å². The van der Waals surface area contributed by atoms with Crippen LogP contribution in [0.3, 0.4) is 0 Å². The molecule has 0 spiro atoms. The van der Waals surface area contributed by atoms with Crippen molar-refractivity contribution in [2.75, 3.05) is 11.1 Å². The van der Waals surface area contributed by atoms with Gasteiger partial charge in [0.2, 0.25) is 5.91 Å². The number of rotatable bonds is 9. The van der Waals surface area contributed by atoms with Crippen LogP contribution in [0.5, 0.6) is 0 Å². The second-order valence-electron chi connectivity index (χ2n) is 4.90. The Balaban J connectivity index is 2.52. The van der Waals surface area contributed by atoms with Crippen LogP contribution in [0.1, 0.15) is 38.7 Å². The van der Waals surface area contributed by atoms with E-state index in [9.17, 15) is 9.59 Å². The summed E-state index contributed by atoms with van der Waals surface area (Å²) < 4.78 is 0. The van der Waals surface area contributed by atoms with Crippen molar-refractivity contribution in [1.29, 1.82) is 0 Å². The minimum absolute atomic E-state index is 0.0543. The number of amides is 1. The van der Waals surface area contributed by atoms with Crippen molar-refractivity contribution in [1.82, 2.24) is 0 Å². The van der Waals surface area contributed by atoms with E-state index in [0.717, 1.165) is 29.8 Å². The summed E-state index contributed by atoms with van der Waals surface area (Å²) in [4.78, 5) is 22.5. The van der Waals surface area contributed by atoms with E-state index in [1.165, 1.54) is 0 Å². The number of anilines is 1. The van der Waals surface area contributed by atoms with Gasteiger partial charge in [0.1, 0.15) is 0 Å². The zero-order valence-electron chi connectivity index (χ0n) is 12.6. The third-order valence-corrected chi connectivity index (χ3v) is 4.31. The lowest BCUT2D eigenvalue weighted by molar-refractivity contribution is -0.136. The fourth-order valence-electron chi connectivity index (χ4n) is 1.99. The molecule has 0 atom stereocenters. The molecule has 1 rings (SSSR count). The molecule has 0 fully saturated rings. The van der Waals surface area contributed by atoms with Crippen LogP contribution in [0.2, 0.25) is 0 Å². The van der Waals surface area contributed by atoms with E-state index in [1.54, 1.807) is 11.8 Å². The molecule has 1 amide bonds. The number of hydrogen-bond acceptors (Lipinski definition) is 3. The van der Waals surface area contributed by atoms with Crippen molar-refractivity contribution in [3.8, 4) is 0 Å². The maximum atomic E-state index is 12.0. The predicted octanol–water partition coefficient (Wildman–Crippen LogP) is 3.77. The summed E-state index contributed by atoms with van der Waals surface area (Å²) in [5, 5.41) is 11.5. The van der Waals surface area contributed by atoms with E-state index in [-0.39, 0.29) is 18.2 Å². The number of hydrogen-bond donors (Lipinski definition) is 2. The summed E-state index contributed by atoms with van der Waals surface area (Å²) in [5.74, 6) is 0.699. The Morgan fingerprint density at radius 3 is 2.62 bits per heavy atom. The molecule has 0 aliphatic carbocycles. The largest absolute Gasteiger partial charge is 0.481 e. The van der Waals surface area contributed by atoms with Crippen LogP contribution >= 0.6 is 11.8 Å². The number of carboxylic acid groups (broad SMARTS) is 1. The Hall–Kier alpha value is -1.49. The van der Waals surface area contributed by atoms with E-state index < -0.39 is 5.97 Å². The van der Waals surface area contributed by atoms with Gasteiger partial charge < -0.3 is 10.4 Å². The third-order valence-electron chi connectivity index (χ3n) is 3.28. The molecule has 0 unspecified atom stereocenters. The van der Waals surface area contributed by atoms with Crippen molar-refractivity contribution < 1.29 is 14.7 Å². The molecule has 2 N–H and O–H groups in total. The Morgan fingerprint density at radius 2 is 2.00 bits per heavy atom. The molecule has 5 heteroatoms. The first kappa shape index (κ1) is 17.6. The molecule has 0 saturated heterocycles. The Labute approximate surface area is 130 Å². The van der Waals surface area contributed by atoms with Gasteiger partial charge in [0.15, 0.2) is 0 Å². The first-order chi connectivity index (χ1) is 10.1. The summed E-state index contributed by atoms with van der Waals surface area (Å²) in [6.45, 7) is 4.03. The highest BCUT2D eigenvalue weighted by atomic mass is 32.2. The minimum Gasteiger partial charge on any atom is -0.481 e. The summed E-state index contributed by atoms with van der Waals surface area (Å²) in [6.07, 6.45) is 1.86. The molecule has 0 heterocycles. The third kappa shape index (κ3) is 6.67. The van der Waals surface area contributed by atoms with E-state index in [0.29, 0.717) is 5.75 Å². The van der Waals surface area contributed by atoms with Crippen LogP contribution in [-0.4, -0.2) is 22.7 Å². The molecule has 116 valence electrons. The number of nitrogens with one attached hydrogen (secondary N) is 1. The van der Waals surface area contributed by atoms with Crippen molar-refractivity contribution in [3.05, 3.63) is 29.8 Å². The predicted molar refractivity (Wildman–Crippen MR) is 87.6 cm³/mol. The van der Waals surface area contributed by atoms with Crippen molar-refractivity contribution in [3.63, 3.8) is 0 Å². The second kappa shape index (κ2) is 9.45. The van der Waals surface area contributed by atoms with Crippen LogP contribution in [0.4, 0.5) is 5.69 Å². The number of aliphatic carboxylic acids is 1. The van der Waals surface area contributed by atoms with E-state index >= 15 is 0 Å². The molecule has 4 nitrogen and oxygen atoms in total. The summed E-state index contributed by atoms with van der Waals surface area (Å²) >= 11 is 1.58. The van der Waals surface area contributed by atoms with Gasteiger partial charge >= 0.3 is 5.97 Å². The molecule has 1 aromatic rings. The number of carboxylic acids is 1. The van der Waals surface area contributed by atoms with Crippen molar-refractivity contribution in [2.45, 2.75) is 38.9 Å². The number of thioether (sulfide) groups is 1. The number of carbonyl (C=O) groups is 2. The highest BCUT2D eigenvalue weighted by Crippen LogP contribution is 2.18. The normalized spacial score (nSPS) is 10.6. The van der Waals surface area contributed by atoms with Gasteiger partial charge in [0, 0.05) is 23.1 Å². The van der Waals surface area contributed by atoms with Crippen LogP contribution in [0.25, 0.3) is 0 Å². The van der Waals surface area contributed by atoms with Crippen molar-refractivity contribution >= 4 is 29.3 Å². The standard InChI is InChI=1S/C16H23NO3S/c1-3-13(4-2)16(20)17-14-7-5-6-12(10-14)11-21-9-8-15(18)19/h5-7,10,13H,3-4,8-9,11H2,1-2H3,(H,17,20)(H,18,19). The molecular weight excluding hydrogens is 286 g/mol. The maximum Gasteiger partial charge on any atom is 0.304 e. The zero-order chi connectivity index (χ0) is 15.7. The molecule has 0 aromatic heterocycles. The summed E-state index contributed by atoms with van der Waals surface area (Å²) in [5.41, 5.74) is 1.90. The molecule has 0 aliphatic rings. The fourth-order valence-corrected chi connectivity index (χ4v) is 2.87. The highest BCUT2D eigenvalue weighted by molar-refractivity contribution is 7.98. The molecule has 0 saturated carbocycles. The van der Waals surface area contributed by atoms with Crippen LogP contribution in [0, 0.1) is 5.92 Å². The maximum absolute atomic E-state index is 12.0. The summed E-state index contributed by atoms with van der Waals surface area (Å²) in [6, 6.07) is 7.73. The molecule has 0 radical (unpaired) electrons. The average Bonchev–Trinajstić information content (AvgIpc) is 2.45. The second-order valence-corrected chi connectivity index (χ2v) is 6.00. The minimum atomic E-state index is -0.770. The molecule has 0 aliphatic heterocycles. The first-order valence-corrected chi connectivity index (χ1v) is 8.41. The van der Waals surface area contributed by atoms with E-state index in [1.807, 2.05) is 38.1 Å². The molecular formula is C16H23NO3S. The highest BCUT2D eigenvalue weighted by Gasteiger charge is 2.14. The van der Waals surface area contributed by atoms with Crippen LogP contribution in [0.15, 0.2) is 24.3 Å². The monoisotopic (exact) mass is 309 g/mol. The lowest BCUT2D eigenvalue weighted by atomic mass is 10.0. The molecule has 0 bridgehead atoms. The first-order valence-electron chi connectivity index (χ1n) is 7.26. The van der Waals surface area contributed by atoms with E-state index in [2.05, 4.69) is 5.32 Å². The van der Waals surface area contributed by atoms with Crippen molar-refractivity contribution in [2.24, 2.45) is 5.92 Å². The Bertz CT molecular complexity index is 472. The average molecular weight is 309 g/mol. The van der Waals surface area contributed by atoms with Gasteiger partial charge in [-0.3, -0.25) is 9.59 Å². The topological polar surface area (TPSA) is 66.4 Å². The lowest BCUT2D eigenvalue weighted by Gasteiger charge is -2.13. The fraction of sp³-hybridized carbons (Fsp3) is 0.500. The van der Waals surface area contributed by atoms with E-state index in [4.69, 9.17) is 5.11 Å². The van der Waals surface area contributed by atoms with Gasteiger partial charge in [-0.2, -0.15) is 11.8 Å². The number of carbonyl (C=O) groups excluding carboxylic acids is 1.